The van der Waals surface area contributed by atoms with E-state index in [1.54, 1.807) is 17.0 Å². The summed E-state index contributed by atoms with van der Waals surface area (Å²) in [7, 11) is 0. The molecule has 3 rings (SSSR count). The van der Waals surface area contributed by atoms with E-state index in [-0.39, 0.29) is 30.0 Å². The van der Waals surface area contributed by atoms with Crippen molar-refractivity contribution in [2.75, 3.05) is 32.9 Å². The predicted octanol–water partition coefficient (Wildman–Crippen LogP) is 2.64. The summed E-state index contributed by atoms with van der Waals surface area (Å²) >= 11 is 0. The number of halogens is 1. The number of carbonyl (C=O) groups excluding carboxylic acids is 2. The molecule has 1 saturated heterocycles. The molecule has 0 unspecified atom stereocenters. The maximum atomic E-state index is 13.8. The van der Waals surface area contributed by atoms with Gasteiger partial charge < -0.3 is 19.7 Å². The largest absolute Gasteiger partial charge is 0.491 e. The van der Waals surface area contributed by atoms with E-state index in [0.29, 0.717) is 39.1 Å². The van der Waals surface area contributed by atoms with E-state index in [0.717, 1.165) is 5.75 Å². The Kier molecular flexibility index (Phi) is 7.58. The molecule has 0 aliphatic carbocycles. The summed E-state index contributed by atoms with van der Waals surface area (Å²) in [5.74, 6) is -0.253. The van der Waals surface area contributed by atoms with Crippen LogP contribution in [0.3, 0.4) is 0 Å². The molecule has 2 aromatic rings. The molecule has 2 aromatic carbocycles. The summed E-state index contributed by atoms with van der Waals surface area (Å²) in [6, 6.07) is 15.4. The molecule has 0 bridgehead atoms. The first kappa shape index (κ1) is 20.8. The van der Waals surface area contributed by atoms with Gasteiger partial charge in [0.2, 0.25) is 5.91 Å². The second kappa shape index (κ2) is 10.6. The van der Waals surface area contributed by atoms with E-state index < -0.39 is 5.82 Å². The van der Waals surface area contributed by atoms with Crippen LogP contribution in [0, 0.1) is 5.82 Å². The normalized spacial score (nSPS) is 14.4. The van der Waals surface area contributed by atoms with Crippen LogP contribution in [0.1, 0.15) is 23.2 Å². The molecule has 1 fully saturated rings. The molecule has 0 radical (unpaired) electrons. The number of piperidine rings is 1. The summed E-state index contributed by atoms with van der Waals surface area (Å²) in [5, 5.41) is 2.92. The number of carbonyl (C=O) groups is 2. The highest BCUT2D eigenvalue weighted by molar-refractivity contribution is 5.94. The van der Waals surface area contributed by atoms with Gasteiger partial charge in [-0.05, 0) is 37.1 Å². The molecule has 1 N–H and O–H groups in total. The van der Waals surface area contributed by atoms with Gasteiger partial charge in [0.25, 0.3) is 5.91 Å². The zero-order valence-electron chi connectivity index (χ0n) is 16.2. The van der Waals surface area contributed by atoms with Crippen molar-refractivity contribution < 1.29 is 23.5 Å². The van der Waals surface area contributed by atoms with Crippen LogP contribution in [0.25, 0.3) is 0 Å². The molecule has 7 heteroatoms. The van der Waals surface area contributed by atoms with Crippen LogP contribution in [0.4, 0.5) is 4.39 Å². The highest BCUT2D eigenvalue weighted by atomic mass is 19.1. The number of likely N-dealkylation sites (tertiary alicyclic amines) is 1. The van der Waals surface area contributed by atoms with Crippen molar-refractivity contribution in [3.63, 3.8) is 0 Å². The molecule has 29 heavy (non-hydrogen) atoms. The molecule has 1 heterocycles. The Morgan fingerprint density at radius 1 is 1.00 bits per heavy atom. The van der Waals surface area contributed by atoms with Crippen LogP contribution >= 0.6 is 0 Å². The van der Waals surface area contributed by atoms with Gasteiger partial charge in [-0.2, -0.15) is 0 Å². The van der Waals surface area contributed by atoms with Crippen LogP contribution in [0.2, 0.25) is 0 Å². The minimum atomic E-state index is -0.513. The van der Waals surface area contributed by atoms with Crippen LogP contribution in [0.15, 0.2) is 54.6 Å². The first-order valence-corrected chi connectivity index (χ1v) is 9.72. The number of hydrogen-bond acceptors (Lipinski definition) is 4. The Balaban J connectivity index is 1.31. The monoisotopic (exact) mass is 400 g/mol. The SMILES string of the molecule is O=C(COCCOc1ccccc1)NC1CCN(C(=O)c2ccccc2F)CC1. The van der Waals surface area contributed by atoms with E-state index in [1.165, 1.54) is 12.1 Å². The van der Waals surface area contributed by atoms with E-state index in [4.69, 9.17) is 9.47 Å². The van der Waals surface area contributed by atoms with Crippen LogP contribution in [-0.4, -0.2) is 55.7 Å². The summed E-state index contributed by atoms with van der Waals surface area (Å²) in [6.45, 7) is 1.60. The molecular weight excluding hydrogens is 375 g/mol. The van der Waals surface area contributed by atoms with Crippen molar-refractivity contribution >= 4 is 11.8 Å². The topological polar surface area (TPSA) is 67.9 Å². The van der Waals surface area contributed by atoms with Gasteiger partial charge in [0.05, 0.1) is 12.2 Å². The van der Waals surface area contributed by atoms with Gasteiger partial charge in [0, 0.05) is 19.1 Å². The predicted molar refractivity (Wildman–Crippen MR) is 106 cm³/mol. The average Bonchev–Trinajstić information content (AvgIpc) is 2.75. The molecule has 0 aromatic heterocycles. The third kappa shape index (κ3) is 6.29. The smallest absolute Gasteiger partial charge is 0.256 e. The number of hydrogen-bond donors (Lipinski definition) is 1. The summed E-state index contributed by atoms with van der Waals surface area (Å²) in [4.78, 5) is 26.1. The van der Waals surface area contributed by atoms with Gasteiger partial charge >= 0.3 is 0 Å². The van der Waals surface area contributed by atoms with E-state index in [1.807, 2.05) is 30.3 Å². The number of nitrogens with one attached hydrogen (secondary N) is 1. The Bertz CT molecular complexity index is 807. The fourth-order valence-electron chi connectivity index (χ4n) is 3.20. The Hall–Kier alpha value is -2.93. The van der Waals surface area contributed by atoms with Crippen molar-refractivity contribution in [2.45, 2.75) is 18.9 Å². The van der Waals surface area contributed by atoms with Gasteiger partial charge in [0.1, 0.15) is 24.8 Å². The second-order valence-corrected chi connectivity index (χ2v) is 6.83. The Morgan fingerprint density at radius 2 is 1.69 bits per heavy atom. The number of benzene rings is 2. The molecule has 0 atom stereocenters. The lowest BCUT2D eigenvalue weighted by molar-refractivity contribution is -0.126. The number of amides is 2. The molecule has 154 valence electrons. The fourth-order valence-corrected chi connectivity index (χ4v) is 3.20. The third-order valence-electron chi connectivity index (χ3n) is 4.72. The maximum Gasteiger partial charge on any atom is 0.256 e. The highest BCUT2D eigenvalue weighted by Crippen LogP contribution is 2.16. The minimum Gasteiger partial charge on any atom is -0.491 e. The lowest BCUT2D eigenvalue weighted by Crippen LogP contribution is -2.47. The van der Waals surface area contributed by atoms with E-state index in [2.05, 4.69) is 5.32 Å². The lowest BCUT2D eigenvalue weighted by Gasteiger charge is -2.32. The average molecular weight is 400 g/mol. The molecule has 0 saturated carbocycles. The summed E-state index contributed by atoms with van der Waals surface area (Å²) < 4.78 is 24.6. The van der Waals surface area contributed by atoms with E-state index in [9.17, 15) is 14.0 Å². The Morgan fingerprint density at radius 3 is 2.41 bits per heavy atom. The number of ether oxygens (including phenoxy) is 2. The molecule has 1 aliphatic heterocycles. The van der Waals surface area contributed by atoms with Crippen molar-refractivity contribution in [3.05, 3.63) is 66.0 Å². The van der Waals surface area contributed by atoms with Crippen molar-refractivity contribution in [1.82, 2.24) is 10.2 Å². The molecule has 0 spiro atoms. The first-order chi connectivity index (χ1) is 14.1. The summed E-state index contributed by atoms with van der Waals surface area (Å²) in [6.07, 6.45) is 1.26. The molecular formula is C22H25FN2O4. The molecule has 1 aliphatic rings. The van der Waals surface area contributed by atoms with Gasteiger partial charge in [-0.25, -0.2) is 4.39 Å². The first-order valence-electron chi connectivity index (χ1n) is 9.72. The van der Waals surface area contributed by atoms with Crippen molar-refractivity contribution in [3.8, 4) is 5.75 Å². The molecule has 6 nitrogen and oxygen atoms in total. The fraction of sp³-hybridized carbons (Fsp3) is 0.364. The number of rotatable bonds is 8. The number of para-hydroxylation sites is 1. The van der Waals surface area contributed by atoms with Crippen LogP contribution in [-0.2, 0) is 9.53 Å². The quantitative estimate of drug-likeness (QED) is 0.692. The molecule has 2 amide bonds. The summed E-state index contributed by atoms with van der Waals surface area (Å²) in [5.41, 5.74) is 0.0844. The van der Waals surface area contributed by atoms with Crippen molar-refractivity contribution in [2.24, 2.45) is 0 Å². The van der Waals surface area contributed by atoms with E-state index >= 15 is 0 Å². The third-order valence-corrected chi connectivity index (χ3v) is 4.72. The van der Waals surface area contributed by atoms with Crippen LogP contribution < -0.4 is 10.1 Å². The second-order valence-electron chi connectivity index (χ2n) is 6.83. The highest BCUT2D eigenvalue weighted by Gasteiger charge is 2.25. The minimum absolute atomic E-state index is 0.0173. The van der Waals surface area contributed by atoms with Gasteiger partial charge in [0.15, 0.2) is 0 Å². The lowest BCUT2D eigenvalue weighted by atomic mass is 10.0. The van der Waals surface area contributed by atoms with Crippen LogP contribution in [0.5, 0.6) is 5.75 Å². The Labute approximate surface area is 169 Å². The van der Waals surface area contributed by atoms with Gasteiger partial charge in [-0.3, -0.25) is 9.59 Å². The van der Waals surface area contributed by atoms with Gasteiger partial charge in [-0.15, -0.1) is 0 Å². The zero-order valence-corrected chi connectivity index (χ0v) is 16.2. The standard InChI is InChI=1S/C22H25FN2O4/c23-20-9-5-4-8-19(20)22(27)25-12-10-17(11-13-25)24-21(26)16-28-14-15-29-18-6-2-1-3-7-18/h1-9,17H,10-16H2,(H,24,26). The zero-order chi connectivity index (χ0) is 20.5. The number of nitrogens with zero attached hydrogens (tertiary/aromatic N) is 1. The van der Waals surface area contributed by atoms with Gasteiger partial charge in [-0.1, -0.05) is 30.3 Å². The maximum absolute atomic E-state index is 13.8. The van der Waals surface area contributed by atoms with Crippen molar-refractivity contribution in [1.29, 1.82) is 0 Å².